The van der Waals surface area contributed by atoms with Gasteiger partial charge in [-0.2, -0.15) is 0 Å². The van der Waals surface area contributed by atoms with Crippen molar-refractivity contribution in [3.05, 3.63) is 24.2 Å². The first-order chi connectivity index (χ1) is 8.25. The number of rotatable bonds is 2. The van der Waals surface area contributed by atoms with Crippen LogP contribution in [0.15, 0.2) is 18.3 Å². The van der Waals surface area contributed by atoms with E-state index in [0.717, 1.165) is 30.8 Å². The molecule has 5 heteroatoms. The first kappa shape index (κ1) is 10.3. The number of aryl methyl sites for hydroxylation is 1. The molecule has 0 aromatic carbocycles. The number of hydrogen-bond donors (Lipinski definition) is 1. The van der Waals surface area contributed by atoms with E-state index in [0.29, 0.717) is 5.65 Å². The van der Waals surface area contributed by atoms with E-state index in [1.54, 1.807) is 0 Å². The van der Waals surface area contributed by atoms with Crippen LogP contribution in [0.3, 0.4) is 0 Å². The van der Waals surface area contributed by atoms with E-state index in [-0.39, 0.29) is 11.8 Å². The average Bonchev–Trinajstić information content (AvgIpc) is 2.59. The summed E-state index contributed by atoms with van der Waals surface area (Å²) in [5.74, 6) is 1.10. The Morgan fingerprint density at radius 1 is 1.47 bits per heavy atom. The second kappa shape index (κ2) is 3.84. The van der Waals surface area contributed by atoms with Crippen LogP contribution in [-0.4, -0.2) is 20.5 Å². The number of amides is 1. The number of nitrogens with one attached hydrogen (secondary N) is 1. The molecule has 0 aliphatic heterocycles. The second-order valence-electron chi connectivity index (χ2n) is 4.48. The van der Waals surface area contributed by atoms with Crippen LogP contribution >= 0.6 is 0 Å². The molecule has 0 saturated heterocycles. The van der Waals surface area contributed by atoms with Crippen LogP contribution in [0.2, 0.25) is 0 Å². The van der Waals surface area contributed by atoms with Crippen molar-refractivity contribution in [2.45, 2.75) is 26.2 Å². The molecule has 1 fully saturated rings. The molecule has 1 aliphatic rings. The fourth-order valence-electron chi connectivity index (χ4n) is 2.03. The fraction of sp³-hybridized carbons (Fsp3) is 0.417. The van der Waals surface area contributed by atoms with Crippen LogP contribution in [0.25, 0.3) is 5.65 Å². The Hall–Kier alpha value is -1.91. The van der Waals surface area contributed by atoms with Gasteiger partial charge in [-0.3, -0.25) is 9.20 Å². The van der Waals surface area contributed by atoms with Crippen LogP contribution in [0.1, 0.15) is 25.1 Å². The summed E-state index contributed by atoms with van der Waals surface area (Å²) in [4.78, 5) is 11.9. The third-order valence-electron chi connectivity index (χ3n) is 3.34. The first-order valence-electron chi connectivity index (χ1n) is 5.87. The van der Waals surface area contributed by atoms with E-state index < -0.39 is 0 Å². The molecule has 0 bridgehead atoms. The maximum Gasteiger partial charge on any atom is 0.227 e. The molecular formula is C12H14N4O. The van der Waals surface area contributed by atoms with E-state index in [1.165, 1.54) is 0 Å². The summed E-state index contributed by atoms with van der Waals surface area (Å²) in [6.07, 6.45) is 5.05. The van der Waals surface area contributed by atoms with Gasteiger partial charge in [0.05, 0.1) is 5.69 Å². The topological polar surface area (TPSA) is 59.3 Å². The summed E-state index contributed by atoms with van der Waals surface area (Å²) in [5, 5.41) is 11.0. The Labute approximate surface area is 98.9 Å². The molecule has 2 aromatic heterocycles. The molecule has 0 radical (unpaired) electrons. The van der Waals surface area contributed by atoms with Crippen molar-refractivity contribution in [1.29, 1.82) is 0 Å². The van der Waals surface area contributed by atoms with Gasteiger partial charge in [0.15, 0.2) is 5.65 Å². The molecular weight excluding hydrogens is 216 g/mol. The van der Waals surface area contributed by atoms with Gasteiger partial charge in [-0.1, -0.05) is 6.42 Å². The highest BCUT2D eigenvalue weighted by Gasteiger charge is 2.25. The fourth-order valence-corrected chi connectivity index (χ4v) is 2.03. The average molecular weight is 230 g/mol. The highest BCUT2D eigenvalue weighted by atomic mass is 16.1. The zero-order valence-corrected chi connectivity index (χ0v) is 9.68. The summed E-state index contributed by atoms with van der Waals surface area (Å²) in [7, 11) is 0. The lowest BCUT2D eigenvalue weighted by Crippen LogP contribution is -2.28. The first-order valence-corrected chi connectivity index (χ1v) is 5.87. The number of aromatic nitrogens is 3. The smallest absolute Gasteiger partial charge is 0.227 e. The number of carbonyl (C=O) groups excluding carboxylic acids is 1. The Morgan fingerprint density at radius 2 is 2.29 bits per heavy atom. The van der Waals surface area contributed by atoms with Crippen LogP contribution in [0.5, 0.6) is 0 Å². The van der Waals surface area contributed by atoms with Crippen LogP contribution < -0.4 is 5.32 Å². The Morgan fingerprint density at radius 3 is 3.00 bits per heavy atom. The Kier molecular flexibility index (Phi) is 2.31. The van der Waals surface area contributed by atoms with Crippen LogP contribution in [0.4, 0.5) is 5.69 Å². The van der Waals surface area contributed by atoms with Crippen molar-refractivity contribution < 1.29 is 4.79 Å². The van der Waals surface area contributed by atoms with E-state index in [1.807, 2.05) is 29.7 Å². The van der Waals surface area contributed by atoms with E-state index in [2.05, 4.69) is 15.5 Å². The molecule has 5 nitrogen and oxygen atoms in total. The zero-order chi connectivity index (χ0) is 11.8. The largest absolute Gasteiger partial charge is 0.323 e. The minimum absolute atomic E-state index is 0.102. The zero-order valence-electron chi connectivity index (χ0n) is 9.68. The predicted molar refractivity (Wildman–Crippen MR) is 63.7 cm³/mol. The lowest BCUT2D eigenvalue weighted by atomic mass is 9.85. The molecule has 2 heterocycles. The van der Waals surface area contributed by atoms with Gasteiger partial charge in [0.2, 0.25) is 5.91 Å². The number of fused-ring (bicyclic) bond motifs is 1. The number of pyridine rings is 1. The number of carbonyl (C=O) groups is 1. The highest BCUT2D eigenvalue weighted by molar-refractivity contribution is 5.96. The summed E-state index contributed by atoms with van der Waals surface area (Å²) < 4.78 is 1.87. The molecule has 17 heavy (non-hydrogen) atoms. The molecule has 0 unspecified atom stereocenters. The second-order valence-corrected chi connectivity index (χ2v) is 4.48. The Bertz CT molecular complexity index is 571. The SMILES string of the molecule is Cc1nnc2c(NC(=O)C3CCC3)cccn12. The monoisotopic (exact) mass is 230 g/mol. The lowest BCUT2D eigenvalue weighted by Gasteiger charge is -2.24. The lowest BCUT2D eigenvalue weighted by molar-refractivity contribution is -0.122. The van der Waals surface area contributed by atoms with Gasteiger partial charge in [-0.25, -0.2) is 0 Å². The minimum Gasteiger partial charge on any atom is -0.323 e. The quantitative estimate of drug-likeness (QED) is 0.855. The third-order valence-corrected chi connectivity index (χ3v) is 3.34. The van der Waals surface area contributed by atoms with Gasteiger partial charge in [0.25, 0.3) is 0 Å². The number of anilines is 1. The summed E-state index contributed by atoms with van der Waals surface area (Å²) in [6.45, 7) is 1.89. The summed E-state index contributed by atoms with van der Waals surface area (Å²) in [5.41, 5.74) is 1.45. The van der Waals surface area contributed by atoms with Gasteiger partial charge in [0.1, 0.15) is 5.82 Å². The van der Waals surface area contributed by atoms with Crippen molar-refractivity contribution in [3.63, 3.8) is 0 Å². The molecule has 1 saturated carbocycles. The van der Waals surface area contributed by atoms with Crippen molar-refractivity contribution in [2.24, 2.45) is 5.92 Å². The molecule has 2 aromatic rings. The van der Waals surface area contributed by atoms with Gasteiger partial charge in [-0.15, -0.1) is 10.2 Å². The molecule has 1 aliphatic carbocycles. The molecule has 1 amide bonds. The molecule has 88 valence electrons. The predicted octanol–water partition coefficient (Wildman–Crippen LogP) is 1.78. The summed E-state index contributed by atoms with van der Waals surface area (Å²) in [6, 6.07) is 3.75. The van der Waals surface area contributed by atoms with Crippen molar-refractivity contribution in [1.82, 2.24) is 14.6 Å². The van der Waals surface area contributed by atoms with Crippen LogP contribution in [0, 0.1) is 12.8 Å². The van der Waals surface area contributed by atoms with Crippen LogP contribution in [-0.2, 0) is 4.79 Å². The molecule has 3 rings (SSSR count). The highest BCUT2D eigenvalue weighted by Crippen LogP contribution is 2.28. The van der Waals surface area contributed by atoms with Gasteiger partial charge in [0, 0.05) is 12.1 Å². The minimum atomic E-state index is 0.102. The normalized spacial score (nSPS) is 15.8. The van der Waals surface area contributed by atoms with E-state index >= 15 is 0 Å². The standard InChI is InChI=1S/C12H14N4O/c1-8-14-15-11-10(6-3-7-16(8)11)13-12(17)9-4-2-5-9/h3,6-7,9H,2,4-5H2,1H3,(H,13,17). The van der Waals surface area contributed by atoms with Crippen molar-refractivity contribution in [2.75, 3.05) is 5.32 Å². The Balaban J connectivity index is 1.91. The maximum atomic E-state index is 11.9. The van der Waals surface area contributed by atoms with E-state index in [4.69, 9.17) is 0 Å². The van der Waals surface area contributed by atoms with Crippen molar-refractivity contribution >= 4 is 17.2 Å². The van der Waals surface area contributed by atoms with Gasteiger partial charge < -0.3 is 5.32 Å². The van der Waals surface area contributed by atoms with Gasteiger partial charge in [-0.05, 0) is 31.9 Å². The molecule has 1 N–H and O–H groups in total. The molecule has 0 spiro atoms. The van der Waals surface area contributed by atoms with Crippen molar-refractivity contribution in [3.8, 4) is 0 Å². The molecule has 0 atom stereocenters. The van der Waals surface area contributed by atoms with E-state index in [9.17, 15) is 4.79 Å². The number of hydrogen-bond acceptors (Lipinski definition) is 3. The third kappa shape index (κ3) is 1.67. The maximum absolute atomic E-state index is 11.9. The van der Waals surface area contributed by atoms with Gasteiger partial charge >= 0.3 is 0 Å². The number of nitrogens with zero attached hydrogens (tertiary/aromatic N) is 3. The summed E-state index contributed by atoms with van der Waals surface area (Å²) >= 11 is 0.